The maximum atomic E-state index is 13.3. The van der Waals surface area contributed by atoms with Crippen LogP contribution < -0.4 is 5.32 Å². The van der Waals surface area contributed by atoms with Crippen molar-refractivity contribution in [2.24, 2.45) is 0 Å². The lowest BCUT2D eigenvalue weighted by Gasteiger charge is -2.10. The molecule has 2 aromatic heterocycles. The number of carbonyl (C=O) groups is 1. The fraction of sp³-hybridized carbons (Fsp3) is 0.0417. The Labute approximate surface area is 188 Å². The molecule has 5 rings (SSSR count). The van der Waals surface area contributed by atoms with E-state index >= 15 is 0 Å². The third-order valence-corrected chi connectivity index (χ3v) is 5.78. The molecule has 0 unspecified atom stereocenters. The van der Waals surface area contributed by atoms with E-state index in [0.717, 1.165) is 22.1 Å². The summed E-state index contributed by atoms with van der Waals surface area (Å²) in [5.74, 6) is 0.123. The van der Waals surface area contributed by atoms with Crippen LogP contribution in [0.5, 0.6) is 0 Å². The molecule has 8 heteroatoms. The van der Waals surface area contributed by atoms with Gasteiger partial charge in [-0.05, 0) is 29.7 Å². The summed E-state index contributed by atoms with van der Waals surface area (Å²) in [6, 6.07) is 25.1. The highest BCUT2D eigenvalue weighted by atomic mass is 32.2. The Morgan fingerprint density at radius 1 is 0.875 bits per heavy atom. The molecule has 0 atom stereocenters. The van der Waals surface area contributed by atoms with Gasteiger partial charge in [-0.15, -0.1) is 5.10 Å². The Morgan fingerprint density at radius 3 is 2.47 bits per heavy atom. The highest BCUT2D eigenvalue weighted by Gasteiger charge is 2.22. The molecule has 0 radical (unpaired) electrons. The molecule has 1 N–H and O–H groups in total. The first-order chi connectivity index (χ1) is 15.8. The Hall–Kier alpha value is -4.04. The van der Waals surface area contributed by atoms with Gasteiger partial charge in [-0.2, -0.15) is 0 Å². The first-order valence-electron chi connectivity index (χ1n) is 9.98. The molecule has 0 aliphatic carbocycles. The number of hydrogen-bond acceptors (Lipinski definition) is 6. The standard InChI is InChI=1S/C24H18N6OS/c31-23(27-20-13-6-9-17-8-4-5-12-19(17)20)22-21(16-32-24-25-14-7-15-26-24)30(29-28-22)18-10-2-1-3-11-18/h1-15H,16H2,(H,27,31). The van der Waals surface area contributed by atoms with Crippen molar-refractivity contribution in [3.8, 4) is 5.69 Å². The third kappa shape index (κ3) is 4.08. The lowest BCUT2D eigenvalue weighted by atomic mass is 10.1. The number of aromatic nitrogens is 5. The number of fused-ring (bicyclic) bond motifs is 1. The predicted octanol–water partition coefficient (Wildman–Crippen LogP) is 4.76. The van der Waals surface area contributed by atoms with Crippen LogP contribution in [-0.4, -0.2) is 30.9 Å². The van der Waals surface area contributed by atoms with Crippen LogP contribution in [0.25, 0.3) is 16.5 Å². The summed E-state index contributed by atoms with van der Waals surface area (Å²) in [4.78, 5) is 21.8. The van der Waals surface area contributed by atoms with E-state index in [0.29, 0.717) is 16.6 Å². The molecular formula is C24H18N6OS. The monoisotopic (exact) mass is 438 g/mol. The number of amides is 1. The molecule has 156 valence electrons. The summed E-state index contributed by atoms with van der Waals surface area (Å²) in [5, 5.41) is 14.1. The van der Waals surface area contributed by atoms with Crippen LogP contribution in [0.2, 0.25) is 0 Å². The molecule has 2 heterocycles. The van der Waals surface area contributed by atoms with Crippen molar-refractivity contribution >= 4 is 34.1 Å². The van der Waals surface area contributed by atoms with E-state index in [1.807, 2.05) is 72.8 Å². The van der Waals surface area contributed by atoms with E-state index < -0.39 is 0 Å². The predicted molar refractivity (Wildman–Crippen MR) is 125 cm³/mol. The van der Waals surface area contributed by atoms with Crippen LogP contribution in [-0.2, 0) is 5.75 Å². The Morgan fingerprint density at radius 2 is 1.62 bits per heavy atom. The maximum Gasteiger partial charge on any atom is 0.278 e. The van der Waals surface area contributed by atoms with Gasteiger partial charge in [0.2, 0.25) is 0 Å². The first-order valence-corrected chi connectivity index (χ1v) is 11.0. The van der Waals surface area contributed by atoms with E-state index in [4.69, 9.17) is 0 Å². The van der Waals surface area contributed by atoms with Crippen LogP contribution in [0, 0.1) is 0 Å². The van der Waals surface area contributed by atoms with Crippen molar-refractivity contribution in [3.05, 3.63) is 103 Å². The molecule has 3 aromatic carbocycles. The van der Waals surface area contributed by atoms with Crippen molar-refractivity contribution in [2.45, 2.75) is 10.9 Å². The molecule has 5 aromatic rings. The van der Waals surface area contributed by atoms with E-state index in [-0.39, 0.29) is 11.6 Å². The van der Waals surface area contributed by atoms with Gasteiger partial charge < -0.3 is 5.32 Å². The Kier molecular flexibility index (Phi) is 5.59. The van der Waals surface area contributed by atoms with Gasteiger partial charge in [0.25, 0.3) is 5.91 Å². The Balaban J connectivity index is 1.49. The van der Waals surface area contributed by atoms with Crippen LogP contribution in [0.1, 0.15) is 16.2 Å². The molecule has 0 saturated carbocycles. The summed E-state index contributed by atoms with van der Waals surface area (Å²) in [7, 11) is 0. The van der Waals surface area contributed by atoms with Gasteiger partial charge in [-0.1, -0.05) is 71.6 Å². The second kappa shape index (κ2) is 8.99. The quantitative estimate of drug-likeness (QED) is 0.304. The Bertz CT molecular complexity index is 1370. The second-order valence-corrected chi connectivity index (χ2v) is 7.88. The zero-order chi connectivity index (χ0) is 21.8. The molecule has 0 saturated heterocycles. The number of carbonyl (C=O) groups excluding carboxylic acids is 1. The lowest BCUT2D eigenvalue weighted by molar-refractivity contribution is 0.102. The van der Waals surface area contributed by atoms with Gasteiger partial charge in [0.05, 0.1) is 11.4 Å². The van der Waals surface area contributed by atoms with Gasteiger partial charge in [0.15, 0.2) is 10.9 Å². The van der Waals surface area contributed by atoms with Crippen molar-refractivity contribution in [2.75, 3.05) is 5.32 Å². The first kappa shape index (κ1) is 19.9. The fourth-order valence-electron chi connectivity index (χ4n) is 3.39. The molecule has 32 heavy (non-hydrogen) atoms. The zero-order valence-electron chi connectivity index (χ0n) is 16.9. The number of nitrogens with one attached hydrogen (secondary N) is 1. The van der Waals surface area contributed by atoms with E-state index in [1.54, 1.807) is 23.1 Å². The van der Waals surface area contributed by atoms with E-state index in [2.05, 4.69) is 25.6 Å². The number of thioether (sulfide) groups is 1. The number of para-hydroxylation sites is 1. The molecule has 0 aliphatic rings. The van der Waals surface area contributed by atoms with Gasteiger partial charge in [0, 0.05) is 29.2 Å². The minimum absolute atomic E-state index is 0.269. The largest absolute Gasteiger partial charge is 0.320 e. The normalized spacial score (nSPS) is 10.9. The maximum absolute atomic E-state index is 13.3. The number of anilines is 1. The molecular weight excluding hydrogens is 420 g/mol. The number of hydrogen-bond donors (Lipinski definition) is 1. The van der Waals surface area contributed by atoms with Crippen LogP contribution in [0.15, 0.2) is 96.4 Å². The summed E-state index contributed by atoms with van der Waals surface area (Å²) in [6.07, 6.45) is 3.38. The summed E-state index contributed by atoms with van der Waals surface area (Å²) < 4.78 is 1.69. The van der Waals surface area contributed by atoms with Gasteiger partial charge in [-0.3, -0.25) is 4.79 Å². The van der Waals surface area contributed by atoms with Gasteiger partial charge in [-0.25, -0.2) is 14.6 Å². The van der Waals surface area contributed by atoms with Crippen molar-refractivity contribution in [3.63, 3.8) is 0 Å². The number of benzene rings is 3. The van der Waals surface area contributed by atoms with Crippen LogP contribution in [0.3, 0.4) is 0 Å². The average Bonchev–Trinajstić information content (AvgIpc) is 3.28. The zero-order valence-corrected chi connectivity index (χ0v) is 17.7. The van der Waals surface area contributed by atoms with Gasteiger partial charge >= 0.3 is 0 Å². The average molecular weight is 439 g/mol. The smallest absolute Gasteiger partial charge is 0.278 e. The van der Waals surface area contributed by atoms with Crippen molar-refractivity contribution in [1.82, 2.24) is 25.0 Å². The van der Waals surface area contributed by atoms with Crippen LogP contribution >= 0.6 is 11.8 Å². The van der Waals surface area contributed by atoms with Crippen LogP contribution in [0.4, 0.5) is 5.69 Å². The van der Waals surface area contributed by atoms with Gasteiger partial charge in [0.1, 0.15) is 0 Å². The number of rotatable bonds is 6. The molecule has 0 bridgehead atoms. The highest BCUT2D eigenvalue weighted by Crippen LogP contribution is 2.26. The molecule has 7 nitrogen and oxygen atoms in total. The summed E-state index contributed by atoms with van der Waals surface area (Å²) in [6.45, 7) is 0. The minimum Gasteiger partial charge on any atom is -0.320 e. The molecule has 0 spiro atoms. The minimum atomic E-state index is -0.312. The fourth-order valence-corrected chi connectivity index (χ4v) is 4.19. The second-order valence-electron chi connectivity index (χ2n) is 6.93. The molecule has 0 aliphatic heterocycles. The topological polar surface area (TPSA) is 85.6 Å². The summed E-state index contributed by atoms with van der Waals surface area (Å²) in [5.41, 5.74) is 2.50. The van der Waals surface area contributed by atoms with Crippen molar-refractivity contribution in [1.29, 1.82) is 0 Å². The SMILES string of the molecule is O=C(Nc1cccc2ccccc12)c1nnn(-c2ccccc2)c1CSc1ncccn1. The third-order valence-electron chi connectivity index (χ3n) is 4.90. The summed E-state index contributed by atoms with van der Waals surface area (Å²) >= 11 is 1.42. The van der Waals surface area contributed by atoms with Crippen molar-refractivity contribution < 1.29 is 4.79 Å². The van der Waals surface area contributed by atoms with E-state index in [9.17, 15) is 4.79 Å². The highest BCUT2D eigenvalue weighted by molar-refractivity contribution is 7.98. The molecule has 1 amide bonds. The lowest BCUT2D eigenvalue weighted by Crippen LogP contribution is -2.15. The molecule has 0 fully saturated rings. The number of nitrogens with zero attached hydrogens (tertiary/aromatic N) is 5. The van der Waals surface area contributed by atoms with E-state index in [1.165, 1.54) is 11.8 Å².